The van der Waals surface area contributed by atoms with E-state index in [4.69, 9.17) is 30.2 Å². The second kappa shape index (κ2) is 11.1. The maximum absolute atomic E-state index is 16.9. The number of alkyl halides is 1. The van der Waals surface area contributed by atoms with Gasteiger partial charge in [-0.25, -0.2) is 13.2 Å². The van der Waals surface area contributed by atoms with Crippen LogP contribution in [0.1, 0.15) is 56.1 Å². The third-order valence-corrected chi connectivity index (χ3v) is 12.9. The average molecular weight is 693 g/mol. The summed E-state index contributed by atoms with van der Waals surface area (Å²) >= 11 is 0. The summed E-state index contributed by atoms with van der Waals surface area (Å²) in [6.07, 6.45) is 7.63. The van der Waals surface area contributed by atoms with Crippen LogP contribution in [0.2, 0.25) is 0 Å². The lowest BCUT2D eigenvalue weighted by Crippen LogP contribution is -2.49. The average Bonchev–Trinajstić information content (AvgIpc) is 3.98. The van der Waals surface area contributed by atoms with Crippen molar-refractivity contribution in [3.8, 4) is 29.1 Å². The molecule has 5 fully saturated rings. The molecule has 3 saturated heterocycles. The van der Waals surface area contributed by atoms with E-state index in [9.17, 15) is 4.39 Å². The molecular formula is C40H39F3N6O2. The van der Waals surface area contributed by atoms with Crippen LogP contribution in [-0.4, -0.2) is 76.6 Å². The molecular weight excluding hydrogens is 653 g/mol. The Balaban J connectivity index is 1.18. The van der Waals surface area contributed by atoms with Crippen LogP contribution in [0.3, 0.4) is 0 Å². The first-order chi connectivity index (χ1) is 24.7. The number of rotatable bonds is 3. The number of aromatic nitrogens is 3. The number of fused-ring (bicyclic) bond motifs is 6. The van der Waals surface area contributed by atoms with Gasteiger partial charge in [0, 0.05) is 53.8 Å². The van der Waals surface area contributed by atoms with Gasteiger partial charge in [0.2, 0.25) is 0 Å². The first kappa shape index (κ1) is 31.3. The molecule has 2 aliphatic carbocycles. The fraction of sp³-hybridized carbons (Fsp3) is 0.475. The molecule has 7 heterocycles. The summed E-state index contributed by atoms with van der Waals surface area (Å²) in [6, 6.07) is 6.50. The second-order valence-electron chi connectivity index (χ2n) is 15.5. The van der Waals surface area contributed by atoms with Crippen molar-refractivity contribution in [3.05, 3.63) is 59.3 Å². The molecule has 11 rings (SSSR count). The van der Waals surface area contributed by atoms with Crippen molar-refractivity contribution in [1.82, 2.24) is 19.9 Å². The maximum atomic E-state index is 16.9. The number of nitrogens with zero attached hydrogens (tertiary/aromatic N) is 5. The number of halogens is 3. The van der Waals surface area contributed by atoms with E-state index in [1.807, 2.05) is 24.0 Å². The first-order valence-electron chi connectivity index (χ1n) is 18.1. The quantitative estimate of drug-likeness (QED) is 0.185. The summed E-state index contributed by atoms with van der Waals surface area (Å²) in [5, 5.41) is 2.04. The Morgan fingerprint density at radius 1 is 1.16 bits per heavy atom. The molecule has 51 heavy (non-hydrogen) atoms. The van der Waals surface area contributed by atoms with Crippen molar-refractivity contribution in [2.45, 2.75) is 69.1 Å². The smallest absolute Gasteiger partial charge is 0.319 e. The van der Waals surface area contributed by atoms with E-state index in [1.165, 1.54) is 6.07 Å². The Morgan fingerprint density at radius 2 is 2.04 bits per heavy atom. The summed E-state index contributed by atoms with van der Waals surface area (Å²) in [5.41, 5.74) is 8.89. The standard InChI is InChI=1S/C40H39F3N6O2/c1-23-33-28-16-26(44)15-25-6-7-31(42)27(32(25)28)5-3-2-4-8-40(43)30-21-50-14-13-49(35(30)40)36-29(19-45-33)34(23)46-37(47-36)51-22-39-17-24(18-41)20-48(39)12-11-38(39)9-10-38/h6-7,15-16,18-19,30,35H,2,4,8-14,17,20-22,44H2,1H3/b24-18+/t30-,35+,39+,40+/m1/s1. The molecule has 8 nitrogen and oxygen atoms in total. The minimum absolute atomic E-state index is 0.108. The van der Waals surface area contributed by atoms with E-state index in [-0.39, 0.29) is 28.4 Å². The lowest BCUT2D eigenvalue weighted by Gasteiger charge is -2.37. The molecule has 2 aromatic carbocycles. The molecule has 2 aromatic heterocycles. The molecule has 0 radical (unpaired) electrons. The number of benzene rings is 2. The number of nitrogen functional groups attached to an aromatic ring is 1. The van der Waals surface area contributed by atoms with Crippen molar-refractivity contribution >= 4 is 33.2 Å². The molecule has 0 unspecified atom stereocenters. The molecule has 4 bridgehead atoms. The van der Waals surface area contributed by atoms with Crippen molar-refractivity contribution in [2.24, 2.45) is 11.3 Å². The molecule has 7 aliphatic rings. The Hall–Kier alpha value is -4.40. The third kappa shape index (κ3) is 4.51. The second-order valence-corrected chi connectivity index (χ2v) is 15.5. The zero-order valence-corrected chi connectivity index (χ0v) is 28.6. The van der Waals surface area contributed by atoms with E-state index >= 15 is 8.78 Å². The highest BCUT2D eigenvalue weighted by Crippen LogP contribution is 2.66. The van der Waals surface area contributed by atoms with Gasteiger partial charge in [-0.05, 0) is 86.6 Å². The van der Waals surface area contributed by atoms with Crippen LogP contribution in [0.4, 0.5) is 24.7 Å². The number of anilines is 2. The van der Waals surface area contributed by atoms with Crippen molar-refractivity contribution in [3.63, 3.8) is 0 Å². The number of hydrogen-bond donors (Lipinski definition) is 1. The van der Waals surface area contributed by atoms with Gasteiger partial charge in [-0.3, -0.25) is 9.88 Å². The molecule has 2 saturated carbocycles. The van der Waals surface area contributed by atoms with Crippen LogP contribution in [-0.2, 0) is 4.74 Å². The number of pyridine rings is 1. The summed E-state index contributed by atoms with van der Waals surface area (Å²) < 4.78 is 59.0. The van der Waals surface area contributed by atoms with Gasteiger partial charge in [0.05, 0.1) is 53.3 Å². The number of aryl methyl sites for hydroxylation is 1. The normalized spacial score (nSPS) is 29.7. The summed E-state index contributed by atoms with van der Waals surface area (Å²) in [7, 11) is 0. The van der Waals surface area contributed by atoms with E-state index in [0.29, 0.717) is 97.6 Å². The van der Waals surface area contributed by atoms with Gasteiger partial charge in [-0.1, -0.05) is 17.9 Å². The molecule has 5 aliphatic heterocycles. The van der Waals surface area contributed by atoms with Crippen LogP contribution in [0.15, 0.2) is 42.4 Å². The minimum atomic E-state index is -1.49. The van der Waals surface area contributed by atoms with E-state index in [2.05, 4.69) is 16.7 Å². The Morgan fingerprint density at radius 3 is 2.88 bits per heavy atom. The van der Waals surface area contributed by atoms with Gasteiger partial charge in [0.1, 0.15) is 23.9 Å². The van der Waals surface area contributed by atoms with Crippen molar-refractivity contribution in [2.75, 3.05) is 50.1 Å². The highest BCUT2D eigenvalue weighted by Gasteiger charge is 2.69. The topological polar surface area (TPSA) is 89.6 Å². The number of ether oxygens (including phenoxy) is 2. The molecule has 4 aromatic rings. The van der Waals surface area contributed by atoms with E-state index < -0.39 is 17.5 Å². The predicted molar refractivity (Wildman–Crippen MR) is 189 cm³/mol. The molecule has 0 amide bonds. The van der Waals surface area contributed by atoms with E-state index in [0.717, 1.165) is 48.7 Å². The van der Waals surface area contributed by atoms with Crippen molar-refractivity contribution < 1.29 is 22.6 Å². The summed E-state index contributed by atoms with van der Waals surface area (Å²) in [6.45, 7) is 4.99. The van der Waals surface area contributed by atoms with Gasteiger partial charge in [0.15, 0.2) is 0 Å². The lowest BCUT2D eigenvalue weighted by molar-refractivity contribution is 0.0649. The first-order valence-corrected chi connectivity index (χ1v) is 18.1. The highest BCUT2D eigenvalue weighted by atomic mass is 19.1. The third-order valence-electron chi connectivity index (χ3n) is 12.9. The van der Waals surface area contributed by atoms with Gasteiger partial charge >= 0.3 is 6.01 Å². The summed E-state index contributed by atoms with van der Waals surface area (Å²) in [4.78, 5) is 19.5. The van der Waals surface area contributed by atoms with Crippen molar-refractivity contribution in [1.29, 1.82) is 0 Å². The van der Waals surface area contributed by atoms with Gasteiger partial charge < -0.3 is 20.1 Å². The zero-order chi connectivity index (χ0) is 34.7. The van der Waals surface area contributed by atoms with Gasteiger partial charge in [-0.2, -0.15) is 9.97 Å². The number of hydrogen-bond acceptors (Lipinski definition) is 8. The predicted octanol–water partition coefficient (Wildman–Crippen LogP) is 6.81. The molecule has 4 atom stereocenters. The van der Waals surface area contributed by atoms with Crippen LogP contribution in [0.25, 0.3) is 32.9 Å². The maximum Gasteiger partial charge on any atom is 0.319 e. The van der Waals surface area contributed by atoms with Crippen LogP contribution in [0, 0.1) is 35.9 Å². The van der Waals surface area contributed by atoms with Crippen LogP contribution >= 0.6 is 0 Å². The summed E-state index contributed by atoms with van der Waals surface area (Å²) in [5.74, 6) is 6.02. The largest absolute Gasteiger partial charge is 0.461 e. The Bertz CT molecular complexity index is 2250. The Kier molecular flexibility index (Phi) is 6.79. The SMILES string of the molecule is Cc1c2ncc3c(nc(OC[C@]45C/C(=C\F)CN4CCC54CC4)nc13)N1CCOC[C@@H]3[C@H]1[C@]3(F)CCCC#Cc1c(F)ccc3cc(N)cc-2c13. The fourth-order valence-corrected chi connectivity index (χ4v) is 10.1. The van der Waals surface area contributed by atoms with Gasteiger partial charge in [-0.15, -0.1) is 0 Å². The van der Waals surface area contributed by atoms with Crippen LogP contribution < -0.4 is 15.4 Å². The number of nitrogens with two attached hydrogens (primary N) is 1. The van der Waals surface area contributed by atoms with E-state index in [1.54, 1.807) is 12.3 Å². The molecule has 1 spiro atoms. The highest BCUT2D eigenvalue weighted by molar-refractivity contribution is 6.04. The fourth-order valence-electron chi connectivity index (χ4n) is 10.1. The Labute approximate surface area is 294 Å². The van der Waals surface area contributed by atoms with Gasteiger partial charge in [0.25, 0.3) is 0 Å². The zero-order valence-electron chi connectivity index (χ0n) is 28.6. The molecule has 262 valence electrons. The lowest BCUT2D eigenvalue weighted by atomic mass is 9.80. The molecule has 2 N–H and O–H groups in total. The minimum Gasteiger partial charge on any atom is -0.461 e. The monoisotopic (exact) mass is 692 g/mol. The molecule has 11 heteroatoms. The van der Waals surface area contributed by atoms with Crippen LogP contribution in [0.5, 0.6) is 6.01 Å².